The minimum absolute atomic E-state index is 0. The Balaban J connectivity index is 0.00000420. The molecule has 0 radical (unpaired) electrons. The number of oxime groups is 1. The smallest absolute Gasteiger partial charge is 0.857 e. The van der Waals surface area contributed by atoms with E-state index in [1.54, 1.807) is 6.92 Å². The van der Waals surface area contributed by atoms with Crippen LogP contribution in [0.4, 0.5) is 9.52 Å². The normalized spacial score (nSPS) is 19.2. The summed E-state index contributed by atoms with van der Waals surface area (Å²) < 4.78 is 17.8. The van der Waals surface area contributed by atoms with Crippen LogP contribution in [0.1, 0.15) is 35.9 Å². The van der Waals surface area contributed by atoms with Crippen molar-refractivity contribution in [3.8, 4) is 0 Å². The number of hydrogen-bond acceptors (Lipinski definition) is 14. The van der Waals surface area contributed by atoms with E-state index in [1.165, 1.54) is 10.8 Å². The van der Waals surface area contributed by atoms with Gasteiger partial charge in [0, 0.05) is 21.6 Å². The Kier molecular flexibility index (Phi) is 10.9. The molecule has 0 bridgehead atoms. The van der Waals surface area contributed by atoms with Crippen molar-refractivity contribution < 1.29 is 68.1 Å². The molecule has 0 aromatic carbocycles. The molecule has 1 saturated heterocycles. The van der Waals surface area contributed by atoms with E-state index >= 15 is 0 Å². The van der Waals surface area contributed by atoms with E-state index in [0.29, 0.717) is 15.7 Å². The summed E-state index contributed by atoms with van der Waals surface area (Å²) in [7, 11) is 0. The van der Waals surface area contributed by atoms with Gasteiger partial charge in [-0.25, -0.2) is 23.9 Å². The predicted octanol–water partition coefficient (Wildman–Crippen LogP) is -1.73. The molecule has 0 spiro atoms. The molecule has 0 unspecified atom stereocenters. The van der Waals surface area contributed by atoms with Crippen LogP contribution in [0.2, 0.25) is 0 Å². The van der Waals surface area contributed by atoms with Crippen LogP contribution in [0.25, 0.3) is 0 Å². The summed E-state index contributed by atoms with van der Waals surface area (Å²) in [5.74, 6) is -3.51. The number of carboxylic acids is 1. The molecule has 4 heterocycles. The number of nitrogens with zero attached hydrogens (tertiary/aromatic N) is 5. The molecule has 39 heavy (non-hydrogen) atoms. The van der Waals surface area contributed by atoms with Gasteiger partial charge in [-0.05, 0) is 19.8 Å². The molecule has 1 amide bonds. The van der Waals surface area contributed by atoms with Crippen LogP contribution < -0.4 is 40.4 Å². The fraction of sp³-hybridized carbons (Fsp3) is 0.381. The van der Waals surface area contributed by atoms with Gasteiger partial charge < -0.3 is 25.5 Å². The molecule has 4 rings (SSSR count). The van der Waals surface area contributed by atoms with Gasteiger partial charge in [0.2, 0.25) is 0 Å². The van der Waals surface area contributed by atoms with Crippen molar-refractivity contribution in [1.82, 2.24) is 14.9 Å². The molecular weight excluding hydrogens is 586 g/mol. The largest absolute Gasteiger partial charge is 1.00 e. The van der Waals surface area contributed by atoms with Crippen molar-refractivity contribution in [3.63, 3.8) is 0 Å². The number of allylic oxidation sites excluding steroid dienone is 1. The number of amides is 1. The Labute approximate surface area is 255 Å². The molecule has 0 saturated carbocycles. The molecule has 13 nitrogen and oxygen atoms in total. The third-order valence-electron chi connectivity index (χ3n) is 5.29. The van der Waals surface area contributed by atoms with Gasteiger partial charge in [0.25, 0.3) is 5.91 Å². The number of β-lactam (4-membered cyclic amide) rings is 1. The first-order valence-corrected chi connectivity index (χ1v) is 13.6. The molecule has 2 atom stereocenters. The van der Waals surface area contributed by atoms with E-state index in [9.17, 15) is 29.0 Å². The number of carboxylic acid groups (broad SMARTS) is 1. The Hall–Kier alpha value is -2.57. The SMILES string of the molecule is CCOC(=O)c1csc(SC2=C(C(=O)O)N3C(=O)[C@@H](N=C([O-])/C(=N/OCCF)c4csc(N)n4)[C@H]3CC2)n1.[Na+]. The van der Waals surface area contributed by atoms with E-state index in [0.717, 1.165) is 39.3 Å². The molecule has 202 valence electrons. The van der Waals surface area contributed by atoms with Gasteiger partial charge in [-0.2, -0.15) is 0 Å². The van der Waals surface area contributed by atoms with Gasteiger partial charge in [-0.1, -0.05) is 16.9 Å². The maximum absolute atomic E-state index is 13.0. The van der Waals surface area contributed by atoms with Crippen molar-refractivity contribution in [1.29, 1.82) is 0 Å². The third kappa shape index (κ3) is 6.78. The molecule has 3 N–H and O–H groups in total. The number of anilines is 1. The minimum atomic E-state index is -1.32. The molecule has 2 aliphatic rings. The number of hydrogen-bond donors (Lipinski definition) is 2. The summed E-state index contributed by atoms with van der Waals surface area (Å²) in [6, 6.07) is -1.80. The summed E-state index contributed by atoms with van der Waals surface area (Å²) in [5, 5.41) is 29.5. The van der Waals surface area contributed by atoms with Gasteiger partial charge in [0.1, 0.15) is 36.4 Å². The van der Waals surface area contributed by atoms with Crippen LogP contribution in [0.5, 0.6) is 0 Å². The molecular formula is C21H20FN6NaO7S3. The maximum atomic E-state index is 13.0. The van der Waals surface area contributed by atoms with Crippen molar-refractivity contribution >= 4 is 69.0 Å². The summed E-state index contributed by atoms with van der Waals surface area (Å²) in [4.78, 5) is 55.4. The van der Waals surface area contributed by atoms with Gasteiger partial charge in [0.15, 0.2) is 15.2 Å². The summed E-state index contributed by atoms with van der Waals surface area (Å²) in [5.41, 5.74) is 5.21. The number of rotatable bonds is 11. The van der Waals surface area contributed by atoms with Crippen LogP contribution in [0.3, 0.4) is 0 Å². The number of aliphatic imine (C=N–C) groups is 1. The molecule has 0 aliphatic carbocycles. The quantitative estimate of drug-likeness (QED) is 0.0562. The van der Waals surface area contributed by atoms with E-state index < -0.39 is 49.1 Å². The summed E-state index contributed by atoms with van der Waals surface area (Å²) >= 11 is 3.24. The Morgan fingerprint density at radius 3 is 2.72 bits per heavy atom. The Bertz CT molecular complexity index is 1350. The van der Waals surface area contributed by atoms with Crippen LogP contribution >= 0.6 is 34.4 Å². The number of thiazole rings is 2. The number of aliphatic carboxylic acids is 1. The molecule has 2 aliphatic heterocycles. The van der Waals surface area contributed by atoms with Crippen LogP contribution in [0.15, 0.2) is 35.9 Å². The van der Waals surface area contributed by atoms with Crippen molar-refractivity contribution in [3.05, 3.63) is 32.8 Å². The van der Waals surface area contributed by atoms with Gasteiger partial charge in [-0.15, -0.1) is 22.7 Å². The number of carbonyl (C=O) groups is 3. The van der Waals surface area contributed by atoms with E-state index in [2.05, 4.69) is 20.1 Å². The minimum Gasteiger partial charge on any atom is -0.857 e. The topological polar surface area (TPSA) is 193 Å². The fourth-order valence-electron chi connectivity index (χ4n) is 3.72. The summed E-state index contributed by atoms with van der Waals surface area (Å²) in [6.07, 6.45) is 0.606. The van der Waals surface area contributed by atoms with E-state index in [1.807, 2.05) is 0 Å². The average Bonchev–Trinajstić information content (AvgIpc) is 3.54. The van der Waals surface area contributed by atoms with Gasteiger partial charge in [-0.3, -0.25) is 14.7 Å². The third-order valence-corrected chi connectivity index (χ3v) is 8.04. The Morgan fingerprint density at radius 2 is 2.08 bits per heavy atom. The molecule has 18 heteroatoms. The van der Waals surface area contributed by atoms with Crippen molar-refractivity contribution in [2.75, 3.05) is 25.6 Å². The zero-order valence-electron chi connectivity index (χ0n) is 20.7. The maximum Gasteiger partial charge on any atom is 1.00 e. The van der Waals surface area contributed by atoms with Crippen molar-refractivity contribution in [2.45, 2.75) is 36.2 Å². The zero-order valence-corrected chi connectivity index (χ0v) is 25.1. The van der Waals surface area contributed by atoms with E-state index in [4.69, 9.17) is 15.3 Å². The average molecular weight is 607 g/mol. The second-order valence-electron chi connectivity index (χ2n) is 7.62. The first kappa shape index (κ1) is 31.0. The molecule has 2 aromatic rings. The number of nitrogen functional groups attached to an aromatic ring is 1. The monoisotopic (exact) mass is 606 g/mol. The summed E-state index contributed by atoms with van der Waals surface area (Å²) in [6.45, 7) is 0.622. The molecule has 2 aromatic heterocycles. The van der Waals surface area contributed by atoms with Crippen LogP contribution in [-0.2, 0) is 19.2 Å². The Morgan fingerprint density at radius 1 is 1.33 bits per heavy atom. The predicted molar refractivity (Wildman–Crippen MR) is 135 cm³/mol. The number of alkyl halides is 1. The number of ether oxygens (including phenoxy) is 1. The number of esters is 1. The van der Waals surface area contributed by atoms with Crippen LogP contribution in [0, 0.1) is 0 Å². The van der Waals surface area contributed by atoms with Gasteiger partial charge in [0.05, 0.1) is 12.6 Å². The number of nitrogens with two attached hydrogens (primary N) is 1. The number of thioether (sulfide) groups is 1. The standard InChI is InChI=1S/C21H21FN6O7S3.Na/c1-2-34-19(33)10-8-37-21(25-10)38-12-4-3-11-14(17(30)28(11)15(12)18(31)32)26-16(29)13(27-35-6-5-22)9-7-36-20(23)24-9;/h7-8,11,14H,2-6H2,1H3,(H2,23,24)(H,26,29)(H,31,32);/q;+1/p-1/b27-13+;/t11-,14+;/m1./s1. The second kappa shape index (κ2) is 13.7. The molecule has 1 fully saturated rings. The van der Waals surface area contributed by atoms with Gasteiger partial charge >= 0.3 is 41.5 Å². The number of fused-ring (bicyclic) bond motifs is 1. The number of aromatic nitrogens is 2. The number of carbonyl (C=O) groups excluding carboxylic acids is 2. The fourth-order valence-corrected chi connectivity index (χ4v) is 6.28. The first-order chi connectivity index (χ1) is 18.2. The first-order valence-electron chi connectivity index (χ1n) is 11.1. The number of halogens is 1. The van der Waals surface area contributed by atoms with Crippen molar-refractivity contribution in [2.24, 2.45) is 10.1 Å². The van der Waals surface area contributed by atoms with Crippen LogP contribution in [-0.4, -0.2) is 81.4 Å². The van der Waals surface area contributed by atoms with E-state index in [-0.39, 0.29) is 70.5 Å². The second-order valence-corrected chi connectivity index (χ2v) is 10.7. The zero-order chi connectivity index (χ0) is 27.4.